The maximum absolute atomic E-state index is 2.22. The van der Waals surface area contributed by atoms with Gasteiger partial charge in [0.15, 0.2) is 0 Å². The Morgan fingerprint density at radius 2 is 1.24 bits per heavy atom. The van der Waals surface area contributed by atoms with Crippen LogP contribution in [-0.2, 0) is 0 Å². The van der Waals surface area contributed by atoms with Crippen molar-refractivity contribution in [3.63, 3.8) is 0 Å². The third-order valence-corrected chi connectivity index (χ3v) is 2.87. The second-order valence-corrected chi connectivity index (χ2v) is 4.57. The molecule has 86 valence electrons. The fourth-order valence-corrected chi connectivity index (χ4v) is 1.75. The van der Waals surface area contributed by atoms with E-state index in [1.54, 1.807) is 0 Å². The van der Waals surface area contributed by atoms with E-state index >= 15 is 0 Å². The van der Waals surface area contributed by atoms with Crippen molar-refractivity contribution in [1.82, 2.24) is 0 Å². The van der Waals surface area contributed by atoms with Gasteiger partial charge in [-0.15, -0.1) is 0 Å². The molecule has 0 radical (unpaired) electrons. The molecule has 0 fully saturated rings. The minimum absolute atomic E-state index is 0.599. The summed E-state index contributed by atoms with van der Waals surface area (Å²) in [6.07, 6.45) is 4.30. The van der Waals surface area contributed by atoms with Crippen LogP contribution in [-0.4, -0.2) is 0 Å². The SMILES string of the molecule is CC(C)c1ccc(/C=C/c2ccccc2)cc1. The van der Waals surface area contributed by atoms with Crippen molar-refractivity contribution in [3.8, 4) is 0 Å². The van der Waals surface area contributed by atoms with Crippen molar-refractivity contribution < 1.29 is 0 Å². The zero-order valence-electron chi connectivity index (χ0n) is 10.4. The van der Waals surface area contributed by atoms with Crippen molar-refractivity contribution >= 4 is 12.2 Å². The molecular weight excluding hydrogens is 204 g/mol. The molecule has 0 aliphatic rings. The van der Waals surface area contributed by atoms with Crippen molar-refractivity contribution in [2.24, 2.45) is 0 Å². The van der Waals surface area contributed by atoms with E-state index in [0.717, 1.165) is 0 Å². The molecule has 2 rings (SSSR count). The molecule has 2 aromatic carbocycles. The topological polar surface area (TPSA) is 0 Å². The fourth-order valence-electron chi connectivity index (χ4n) is 1.75. The van der Waals surface area contributed by atoms with Crippen molar-refractivity contribution in [2.75, 3.05) is 0 Å². The largest absolute Gasteiger partial charge is 0.0622 e. The highest BCUT2D eigenvalue weighted by Crippen LogP contribution is 2.16. The summed E-state index contributed by atoms with van der Waals surface area (Å²) in [6, 6.07) is 19.1. The Morgan fingerprint density at radius 1 is 0.706 bits per heavy atom. The average Bonchev–Trinajstić information content (AvgIpc) is 2.38. The average molecular weight is 222 g/mol. The van der Waals surface area contributed by atoms with Crippen LogP contribution in [0.3, 0.4) is 0 Å². The molecule has 0 heterocycles. The first-order valence-electron chi connectivity index (χ1n) is 6.09. The predicted molar refractivity (Wildman–Crippen MR) is 75.9 cm³/mol. The molecule has 0 amide bonds. The van der Waals surface area contributed by atoms with Crippen LogP contribution in [0.4, 0.5) is 0 Å². The number of rotatable bonds is 3. The molecule has 0 N–H and O–H groups in total. The zero-order chi connectivity index (χ0) is 12.1. The molecule has 2 aromatic rings. The van der Waals surface area contributed by atoms with E-state index in [4.69, 9.17) is 0 Å². The fraction of sp³-hybridized carbons (Fsp3) is 0.176. The lowest BCUT2D eigenvalue weighted by atomic mass is 10.0. The first-order chi connectivity index (χ1) is 8.25. The van der Waals surface area contributed by atoms with Gasteiger partial charge in [-0.25, -0.2) is 0 Å². The first kappa shape index (κ1) is 11.7. The zero-order valence-corrected chi connectivity index (χ0v) is 10.4. The van der Waals surface area contributed by atoms with Gasteiger partial charge in [-0.3, -0.25) is 0 Å². The van der Waals surface area contributed by atoms with E-state index < -0.39 is 0 Å². The van der Waals surface area contributed by atoms with E-state index in [9.17, 15) is 0 Å². The molecule has 0 aromatic heterocycles. The summed E-state index contributed by atoms with van der Waals surface area (Å²) in [6.45, 7) is 4.43. The van der Waals surface area contributed by atoms with Crippen LogP contribution in [0.5, 0.6) is 0 Å². The molecule has 0 bridgehead atoms. The van der Waals surface area contributed by atoms with Gasteiger partial charge in [0, 0.05) is 0 Å². The Hall–Kier alpha value is -1.82. The maximum Gasteiger partial charge on any atom is -0.0219 e. The highest BCUT2D eigenvalue weighted by molar-refractivity contribution is 5.69. The van der Waals surface area contributed by atoms with E-state index in [1.165, 1.54) is 16.7 Å². The first-order valence-corrected chi connectivity index (χ1v) is 6.09. The van der Waals surface area contributed by atoms with Gasteiger partial charge < -0.3 is 0 Å². The predicted octanol–water partition coefficient (Wildman–Crippen LogP) is 4.98. The Balaban J connectivity index is 2.12. The van der Waals surface area contributed by atoms with Crippen LogP contribution in [0.25, 0.3) is 12.2 Å². The normalized spacial score (nSPS) is 11.2. The van der Waals surface area contributed by atoms with E-state index in [0.29, 0.717) is 5.92 Å². The van der Waals surface area contributed by atoms with Crippen LogP contribution in [0.15, 0.2) is 54.6 Å². The molecule has 0 spiro atoms. The van der Waals surface area contributed by atoms with Crippen molar-refractivity contribution in [1.29, 1.82) is 0 Å². The molecule has 0 aliphatic carbocycles. The second kappa shape index (κ2) is 5.49. The minimum Gasteiger partial charge on any atom is -0.0622 e. The highest BCUT2D eigenvalue weighted by Gasteiger charge is 1.96. The summed E-state index contributed by atoms with van der Waals surface area (Å²) < 4.78 is 0. The summed E-state index contributed by atoms with van der Waals surface area (Å²) in [5.74, 6) is 0.599. The third-order valence-electron chi connectivity index (χ3n) is 2.87. The summed E-state index contributed by atoms with van der Waals surface area (Å²) in [4.78, 5) is 0. The molecular formula is C17H18. The minimum atomic E-state index is 0.599. The van der Waals surface area contributed by atoms with Gasteiger partial charge in [0.1, 0.15) is 0 Å². The number of hydrogen-bond donors (Lipinski definition) is 0. The van der Waals surface area contributed by atoms with Gasteiger partial charge in [0.25, 0.3) is 0 Å². The van der Waals surface area contributed by atoms with Crippen molar-refractivity contribution in [2.45, 2.75) is 19.8 Å². The molecule has 0 atom stereocenters. The lowest BCUT2D eigenvalue weighted by Gasteiger charge is -2.04. The Labute approximate surface area is 104 Å². The van der Waals surface area contributed by atoms with Gasteiger partial charge in [-0.05, 0) is 22.6 Å². The maximum atomic E-state index is 2.22. The molecule has 0 unspecified atom stereocenters. The van der Waals surface area contributed by atoms with E-state index in [2.05, 4.69) is 74.5 Å². The van der Waals surface area contributed by atoms with Gasteiger partial charge in [0.2, 0.25) is 0 Å². The summed E-state index contributed by atoms with van der Waals surface area (Å²) in [5.41, 5.74) is 3.88. The number of hydrogen-bond acceptors (Lipinski definition) is 0. The summed E-state index contributed by atoms with van der Waals surface area (Å²) in [7, 11) is 0. The molecule has 0 nitrogen and oxygen atoms in total. The Kier molecular flexibility index (Phi) is 3.77. The van der Waals surface area contributed by atoms with Gasteiger partial charge in [0.05, 0.1) is 0 Å². The quantitative estimate of drug-likeness (QED) is 0.642. The lowest BCUT2D eigenvalue weighted by molar-refractivity contribution is 0.866. The van der Waals surface area contributed by atoms with Crippen LogP contribution in [0, 0.1) is 0 Å². The molecule has 0 aliphatic heterocycles. The van der Waals surface area contributed by atoms with Crippen LogP contribution in [0.2, 0.25) is 0 Å². The smallest absolute Gasteiger partial charge is 0.0219 e. The molecule has 17 heavy (non-hydrogen) atoms. The van der Waals surface area contributed by atoms with E-state index in [-0.39, 0.29) is 0 Å². The van der Waals surface area contributed by atoms with E-state index in [1.807, 2.05) is 6.07 Å². The van der Waals surface area contributed by atoms with Gasteiger partial charge in [-0.1, -0.05) is 80.6 Å². The molecule has 0 heteroatoms. The summed E-state index contributed by atoms with van der Waals surface area (Å²) >= 11 is 0. The lowest BCUT2D eigenvalue weighted by Crippen LogP contribution is -1.85. The summed E-state index contributed by atoms with van der Waals surface area (Å²) in [5, 5.41) is 0. The van der Waals surface area contributed by atoms with Gasteiger partial charge >= 0.3 is 0 Å². The highest BCUT2D eigenvalue weighted by atomic mass is 14.0. The van der Waals surface area contributed by atoms with Crippen LogP contribution >= 0.6 is 0 Å². The Morgan fingerprint density at radius 3 is 1.76 bits per heavy atom. The molecule has 0 saturated carbocycles. The second-order valence-electron chi connectivity index (χ2n) is 4.57. The monoisotopic (exact) mass is 222 g/mol. The van der Waals surface area contributed by atoms with Crippen LogP contribution in [0.1, 0.15) is 36.5 Å². The van der Waals surface area contributed by atoms with Crippen LogP contribution < -0.4 is 0 Å². The van der Waals surface area contributed by atoms with Crippen molar-refractivity contribution in [3.05, 3.63) is 71.3 Å². The van der Waals surface area contributed by atoms with Gasteiger partial charge in [-0.2, -0.15) is 0 Å². The standard InChI is InChI=1S/C17H18/c1-14(2)17-12-10-16(11-13-17)9-8-15-6-4-3-5-7-15/h3-14H,1-2H3/b9-8+. The third kappa shape index (κ3) is 3.32. The Bertz CT molecular complexity index is 475. The number of benzene rings is 2. The molecule has 0 saturated heterocycles.